The first-order valence-electron chi connectivity index (χ1n) is 4.13. The van der Waals surface area contributed by atoms with Crippen LogP contribution in [-0.4, -0.2) is 6.61 Å². The van der Waals surface area contributed by atoms with Crippen molar-refractivity contribution in [3.63, 3.8) is 0 Å². The quantitative estimate of drug-likeness (QED) is 0.663. The maximum absolute atomic E-state index is 5.36. The highest BCUT2D eigenvalue weighted by Gasteiger charge is 1.96. The van der Waals surface area contributed by atoms with Crippen LogP contribution in [0, 0.1) is 6.92 Å². The van der Waals surface area contributed by atoms with Crippen molar-refractivity contribution in [3.8, 4) is 5.75 Å². The molecule has 1 rings (SSSR count). The SMILES string of the molecule is C=Cc1cc(OCC)ccc1C. The molecule has 0 aromatic heterocycles. The van der Waals surface area contributed by atoms with Crippen LogP contribution in [0.25, 0.3) is 6.08 Å². The molecule has 1 aromatic carbocycles. The van der Waals surface area contributed by atoms with Crippen molar-refractivity contribution in [2.45, 2.75) is 13.8 Å². The topological polar surface area (TPSA) is 9.23 Å². The minimum Gasteiger partial charge on any atom is -0.494 e. The molecule has 0 atom stereocenters. The molecule has 0 bridgehead atoms. The largest absolute Gasteiger partial charge is 0.494 e. The fourth-order valence-electron chi connectivity index (χ4n) is 1.09. The van der Waals surface area contributed by atoms with Crippen molar-refractivity contribution < 1.29 is 4.74 Å². The van der Waals surface area contributed by atoms with Gasteiger partial charge in [0.05, 0.1) is 6.61 Å². The van der Waals surface area contributed by atoms with E-state index >= 15 is 0 Å². The number of hydrogen-bond donors (Lipinski definition) is 0. The number of aryl methyl sites for hydroxylation is 1. The van der Waals surface area contributed by atoms with Gasteiger partial charge in [0.1, 0.15) is 5.75 Å². The molecule has 0 N–H and O–H groups in total. The average Bonchev–Trinajstić information content (AvgIpc) is 2.09. The van der Waals surface area contributed by atoms with Crippen LogP contribution >= 0.6 is 0 Å². The third-order valence-electron chi connectivity index (χ3n) is 1.78. The third kappa shape index (κ3) is 1.88. The van der Waals surface area contributed by atoms with Gasteiger partial charge in [0.15, 0.2) is 0 Å². The van der Waals surface area contributed by atoms with Gasteiger partial charge in [0.25, 0.3) is 0 Å². The molecule has 0 spiro atoms. The second kappa shape index (κ2) is 3.96. The number of ether oxygens (including phenoxy) is 1. The summed E-state index contributed by atoms with van der Waals surface area (Å²) >= 11 is 0. The number of hydrogen-bond acceptors (Lipinski definition) is 1. The smallest absolute Gasteiger partial charge is 0.119 e. The van der Waals surface area contributed by atoms with Crippen LogP contribution in [0.3, 0.4) is 0 Å². The molecule has 0 aliphatic heterocycles. The summed E-state index contributed by atoms with van der Waals surface area (Å²) < 4.78 is 5.36. The lowest BCUT2D eigenvalue weighted by molar-refractivity contribution is 0.340. The van der Waals surface area contributed by atoms with Crippen molar-refractivity contribution >= 4 is 6.08 Å². The summed E-state index contributed by atoms with van der Waals surface area (Å²) in [6.07, 6.45) is 1.85. The minimum atomic E-state index is 0.708. The molecular formula is C11H14O. The van der Waals surface area contributed by atoms with Gasteiger partial charge in [-0.15, -0.1) is 0 Å². The van der Waals surface area contributed by atoms with Crippen LogP contribution in [0.15, 0.2) is 24.8 Å². The molecule has 1 heteroatoms. The Morgan fingerprint density at radius 3 is 2.83 bits per heavy atom. The van der Waals surface area contributed by atoms with Gasteiger partial charge in [-0.25, -0.2) is 0 Å². The fraction of sp³-hybridized carbons (Fsp3) is 0.273. The molecule has 1 nitrogen and oxygen atoms in total. The number of benzene rings is 1. The fourth-order valence-corrected chi connectivity index (χ4v) is 1.09. The molecule has 12 heavy (non-hydrogen) atoms. The van der Waals surface area contributed by atoms with E-state index in [9.17, 15) is 0 Å². The highest BCUT2D eigenvalue weighted by atomic mass is 16.5. The number of rotatable bonds is 3. The molecule has 0 heterocycles. The Morgan fingerprint density at radius 2 is 2.25 bits per heavy atom. The first-order chi connectivity index (χ1) is 5.77. The second-order valence-corrected chi connectivity index (χ2v) is 2.66. The summed E-state index contributed by atoms with van der Waals surface area (Å²) in [6, 6.07) is 6.03. The Balaban J connectivity index is 2.96. The monoisotopic (exact) mass is 162 g/mol. The van der Waals surface area contributed by atoms with E-state index in [1.165, 1.54) is 5.56 Å². The lowest BCUT2D eigenvalue weighted by Gasteiger charge is -2.05. The standard InChI is InChI=1S/C11H14O/c1-4-10-8-11(12-5-2)7-6-9(10)3/h4,6-8H,1,5H2,2-3H3. The molecule has 0 unspecified atom stereocenters. The molecule has 0 saturated heterocycles. The van der Waals surface area contributed by atoms with Crippen molar-refractivity contribution in [2.24, 2.45) is 0 Å². The normalized spacial score (nSPS) is 9.50. The van der Waals surface area contributed by atoms with E-state index in [1.807, 2.05) is 31.2 Å². The zero-order chi connectivity index (χ0) is 8.97. The van der Waals surface area contributed by atoms with Crippen LogP contribution in [0.1, 0.15) is 18.1 Å². The van der Waals surface area contributed by atoms with Crippen LogP contribution in [0.4, 0.5) is 0 Å². The lowest BCUT2D eigenvalue weighted by Crippen LogP contribution is -1.92. The van der Waals surface area contributed by atoms with Crippen LogP contribution in [0.5, 0.6) is 5.75 Å². The molecule has 0 saturated carbocycles. The van der Waals surface area contributed by atoms with Crippen molar-refractivity contribution in [2.75, 3.05) is 6.61 Å². The van der Waals surface area contributed by atoms with Crippen LogP contribution < -0.4 is 4.74 Å². The summed E-state index contributed by atoms with van der Waals surface area (Å²) in [7, 11) is 0. The summed E-state index contributed by atoms with van der Waals surface area (Å²) in [5.41, 5.74) is 2.37. The Kier molecular flexibility index (Phi) is 2.92. The van der Waals surface area contributed by atoms with E-state index in [-0.39, 0.29) is 0 Å². The molecule has 64 valence electrons. The molecule has 0 radical (unpaired) electrons. The molecule has 0 aliphatic carbocycles. The van der Waals surface area contributed by atoms with Gasteiger partial charge >= 0.3 is 0 Å². The molecule has 0 fully saturated rings. The first-order valence-corrected chi connectivity index (χ1v) is 4.13. The van der Waals surface area contributed by atoms with Gasteiger partial charge in [-0.2, -0.15) is 0 Å². The van der Waals surface area contributed by atoms with Gasteiger partial charge in [-0.3, -0.25) is 0 Å². The van der Waals surface area contributed by atoms with E-state index in [0.29, 0.717) is 6.61 Å². The Morgan fingerprint density at radius 1 is 1.50 bits per heavy atom. The Labute approximate surface area is 73.7 Å². The van der Waals surface area contributed by atoms with E-state index in [1.54, 1.807) is 0 Å². The molecule has 1 aromatic rings. The second-order valence-electron chi connectivity index (χ2n) is 2.66. The first kappa shape index (κ1) is 8.85. The summed E-state index contributed by atoms with van der Waals surface area (Å²) in [5.74, 6) is 0.915. The highest BCUT2D eigenvalue weighted by Crippen LogP contribution is 2.17. The van der Waals surface area contributed by atoms with Gasteiger partial charge in [0, 0.05) is 0 Å². The van der Waals surface area contributed by atoms with E-state index in [0.717, 1.165) is 11.3 Å². The summed E-state index contributed by atoms with van der Waals surface area (Å²) in [5, 5.41) is 0. The molecular weight excluding hydrogens is 148 g/mol. The van der Waals surface area contributed by atoms with Gasteiger partial charge < -0.3 is 4.74 Å². The summed E-state index contributed by atoms with van der Waals surface area (Å²) in [4.78, 5) is 0. The van der Waals surface area contributed by atoms with E-state index < -0.39 is 0 Å². The predicted molar refractivity (Wildman–Crippen MR) is 52.4 cm³/mol. The van der Waals surface area contributed by atoms with Gasteiger partial charge in [0.2, 0.25) is 0 Å². The summed E-state index contributed by atoms with van der Waals surface area (Å²) in [6.45, 7) is 8.49. The van der Waals surface area contributed by atoms with E-state index in [4.69, 9.17) is 4.74 Å². The zero-order valence-corrected chi connectivity index (χ0v) is 7.63. The lowest BCUT2D eigenvalue weighted by atomic mass is 10.1. The third-order valence-corrected chi connectivity index (χ3v) is 1.78. The Bertz CT molecular complexity index is 276. The maximum atomic E-state index is 5.36. The minimum absolute atomic E-state index is 0.708. The highest BCUT2D eigenvalue weighted by molar-refractivity contribution is 5.54. The van der Waals surface area contributed by atoms with Crippen molar-refractivity contribution in [1.82, 2.24) is 0 Å². The Hall–Kier alpha value is -1.24. The van der Waals surface area contributed by atoms with Crippen LogP contribution in [0.2, 0.25) is 0 Å². The van der Waals surface area contributed by atoms with E-state index in [2.05, 4.69) is 13.5 Å². The maximum Gasteiger partial charge on any atom is 0.119 e. The zero-order valence-electron chi connectivity index (χ0n) is 7.63. The molecule has 0 aliphatic rings. The van der Waals surface area contributed by atoms with Gasteiger partial charge in [-0.1, -0.05) is 18.7 Å². The molecule has 0 amide bonds. The average molecular weight is 162 g/mol. The van der Waals surface area contributed by atoms with Crippen molar-refractivity contribution in [1.29, 1.82) is 0 Å². The van der Waals surface area contributed by atoms with Crippen molar-refractivity contribution in [3.05, 3.63) is 35.9 Å². The van der Waals surface area contributed by atoms with Gasteiger partial charge in [-0.05, 0) is 37.1 Å². The predicted octanol–water partition coefficient (Wildman–Crippen LogP) is 3.04. The van der Waals surface area contributed by atoms with Crippen LogP contribution in [-0.2, 0) is 0 Å².